The van der Waals surface area contributed by atoms with Gasteiger partial charge in [-0.25, -0.2) is 0 Å². The summed E-state index contributed by atoms with van der Waals surface area (Å²) in [4.78, 5) is 0. The number of aliphatic hydroxyl groups excluding tert-OH is 5. The molecule has 3 rings (SSSR count). The minimum atomic E-state index is -1.01. The largest absolute Gasteiger partial charge is 0.394 e. The van der Waals surface area contributed by atoms with Gasteiger partial charge in [0.1, 0.15) is 12.2 Å². The third-order valence-corrected chi connectivity index (χ3v) is 4.75. The monoisotopic (exact) mass is 380 g/mol. The van der Waals surface area contributed by atoms with Gasteiger partial charge in [-0.15, -0.1) is 0 Å². The van der Waals surface area contributed by atoms with Gasteiger partial charge in [0, 0.05) is 25.7 Å². The van der Waals surface area contributed by atoms with Crippen LogP contribution in [-0.2, 0) is 23.7 Å². The fraction of sp³-hybridized carbons (Fsp3) is 1.00. The number of hydrogen-bond donors (Lipinski definition) is 5. The molecule has 3 fully saturated rings. The van der Waals surface area contributed by atoms with Crippen molar-refractivity contribution in [2.24, 2.45) is 0 Å². The molecule has 0 aromatic heterocycles. The molecule has 0 aliphatic carbocycles. The smallest absolute Gasteiger partial charge is 0.187 e. The second-order valence-electron chi connectivity index (χ2n) is 7.01. The van der Waals surface area contributed by atoms with E-state index in [9.17, 15) is 25.5 Å². The van der Waals surface area contributed by atoms with Crippen LogP contribution in [0.1, 0.15) is 25.7 Å². The van der Waals surface area contributed by atoms with Crippen molar-refractivity contribution in [2.75, 3.05) is 19.8 Å². The summed E-state index contributed by atoms with van der Waals surface area (Å²) in [5, 5.41) is 48.0. The molecule has 9 atom stereocenters. The molecular weight excluding hydrogens is 352 g/mol. The van der Waals surface area contributed by atoms with E-state index in [-0.39, 0.29) is 32.7 Å². The summed E-state index contributed by atoms with van der Waals surface area (Å²) in [6.45, 7) is -0.402. The highest BCUT2D eigenvalue weighted by Crippen LogP contribution is 2.31. The van der Waals surface area contributed by atoms with Crippen LogP contribution in [0.3, 0.4) is 0 Å². The molecule has 0 aromatic rings. The van der Waals surface area contributed by atoms with Crippen molar-refractivity contribution < 1.29 is 49.2 Å². The van der Waals surface area contributed by atoms with E-state index in [4.69, 9.17) is 23.7 Å². The average Bonchev–Trinajstić information content (AvgIpc) is 2.98. The quantitative estimate of drug-likeness (QED) is 0.344. The van der Waals surface area contributed by atoms with Gasteiger partial charge in [-0.3, -0.25) is 0 Å². The van der Waals surface area contributed by atoms with Crippen LogP contribution in [0.4, 0.5) is 0 Å². The van der Waals surface area contributed by atoms with E-state index in [1.54, 1.807) is 0 Å². The van der Waals surface area contributed by atoms with E-state index in [0.29, 0.717) is 12.8 Å². The van der Waals surface area contributed by atoms with Crippen LogP contribution in [0.2, 0.25) is 0 Å². The molecule has 3 heterocycles. The maximum absolute atomic E-state index is 9.99. The summed E-state index contributed by atoms with van der Waals surface area (Å²) in [5.41, 5.74) is 0. The first-order chi connectivity index (χ1) is 12.5. The van der Waals surface area contributed by atoms with Crippen LogP contribution >= 0.6 is 0 Å². The van der Waals surface area contributed by atoms with Crippen molar-refractivity contribution in [3.8, 4) is 0 Å². The van der Waals surface area contributed by atoms with Crippen LogP contribution in [0.15, 0.2) is 0 Å². The Morgan fingerprint density at radius 2 is 1.50 bits per heavy atom. The number of hydrogen-bond acceptors (Lipinski definition) is 10. The first kappa shape index (κ1) is 20.3. The fourth-order valence-corrected chi connectivity index (χ4v) is 3.44. The Kier molecular flexibility index (Phi) is 7.19. The van der Waals surface area contributed by atoms with Gasteiger partial charge in [0.25, 0.3) is 0 Å². The van der Waals surface area contributed by atoms with Gasteiger partial charge in [-0.05, 0) is 0 Å². The molecule has 0 saturated carbocycles. The predicted molar refractivity (Wildman–Crippen MR) is 83.7 cm³/mol. The van der Waals surface area contributed by atoms with Gasteiger partial charge in [0.15, 0.2) is 18.9 Å². The molecule has 0 spiro atoms. The lowest BCUT2D eigenvalue weighted by molar-refractivity contribution is -0.321. The van der Waals surface area contributed by atoms with Crippen LogP contribution in [0.25, 0.3) is 0 Å². The molecule has 0 aromatic carbocycles. The molecule has 0 radical (unpaired) electrons. The molecular formula is C16H28O10. The van der Waals surface area contributed by atoms with Gasteiger partial charge in [-0.2, -0.15) is 0 Å². The van der Waals surface area contributed by atoms with Crippen LogP contribution in [0.5, 0.6) is 0 Å². The zero-order valence-corrected chi connectivity index (χ0v) is 14.4. The Hall–Kier alpha value is -0.400. The lowest BCUT2D eigenvalue weighted by Gasteiger charge is -2.36. The van der Waals surface area contributed by atoms with E-state index in [1.807, 2.05) is 0 Å². The van der Waals surface area contributed by atoms with Crippen molar-refractivity contribution in [3.63, 3.8) is 0 Å². The van der Waals surface area contributed by atoms with Gasteiger partial charge in [0.2, 0.25) is 0 Å². The number of ether oxygens (including phenoxy) is 5. The van der Waals surface area contributed by atoms with Crippen molar-refractivity contribution in [2.45, 2.75) is 81.2 Å². The van der Waals surface area contributed by atoms with Gasteiger partial charge in [0.05, 0.1) is 44.2 Å². The predicted octanol–water partition coefficient (Wildman–Crippen LogP) is -2.18. The normalized spacial score (nSPS) is 47.2. The summed E-state index contributed by atoms with van der Waals surface area (Å²) in [6.07, 6.45) is -5.60. The van der Waals surface area contributed by atoms with Gasteiger partial charge >= 0.3 is 0 Å². The first-order valence-corrected chi connectivity index (χ1v) is 8.97. The molecule has 8 unspecified atom stereocenters. The molecule has 10 heteroatoms. The molecule has 152 valence electrons. The molecule has 0 bridgehead atoms. The summed E-state index contributed by atoms with van der Waals surface area (Å²) in [6, 6.07) is 0. The average molecular weight is 380 g/mol. The molecule has 0 amide bonds. The summed E-state index contributed by atoms with van der Waals surface area (Å²) in [5.74, 6) is 0. The lowest BCUT2D eigenvalue weighted by Crippen LogP contribution is -2.47. The molecule has 3 saturated heterocycles. The van der Waals surface area contributed by atoms with Crippen LogP contribution < -0.4 is 0 Å². The zero-order chi connectivity index (χ0) is 18.7. The highest BCUT2D eigenvalue weighted by Gasteiger charge is 2.43. The Bertz CT molecular complexity index is 437. The minimum absolute atomic E-state index is 0.0412. The highest BCUT2D eigenvalue weighted by molar-refractivity contribution is 4.82. The molecule has 26 heavy (non-hydrogen) atoms. The fourth-order valence-electron chi connectivity index (χ4n) is 3.44. The third-order valence-electron chi connectivity index (χ3n) is 4.75. The highest BCUT2D eigenvalue weighted by atomic mass is 16.8. The van der Waals surface area contributed by atoms with Crippen LogP contribution in [0, 0.1) is 0 Å². The Balaban J connectivity index is 1.58. The summed E-state index contributed by atoms with van der Waals surface area (Å²) < 4.78 is 28.0. The van der Waals surface area contributed by atoms with Crippen molar-refractivity contribution in [3.05, 3.63) is 0 Å². The van der Waals surface area contributed by atoms with Crippen LogP contribution in [-0.4, -0.2) is 101 Å². The van der Waals surface area contributed by atoms with Crippen molar-refractivity contribution in [1.82, 2.24) is 0 Å². The standard InChI is InChI=1S/C16H28O10/c17-5-10-1-8(19)3-14(23-10)25-13-4-11(6-18)24-16(13)26-15-12(21)2-9(20)7-22-15/h8-21H,1-7H2/t8?,9?,10?,11?,12?,13?,14-,15?,16?/m1/s1. The third kappa shape index (κ3) is 5.10. The maximum Gasteiger partial charge on any atom is 0.187 e. The van der Waals surface area contributed by atoms with Crippen molar-refractivity contribution >= 4 is 0 Å². The minimum Gasteiger partial charge on any atom is -0.394 e. The molecule has 5 N–H and O–H groups in total. The topological polar surface area (TPSA) is 147 Å². The van der Waals surface area contributed by atoms with E-state index in [0.717, 1.165) is 0 Å². The van der Waals surface area contributed by atoms with E-state index < -0.39 is 55.5 Å². The summed E-state index contributed by atoms with van der Waals surface area (Å²) in [7, 11) is 0. The Morgan fingerprint density at radius 3 is 2.19 bits per heavy atom. The number of aliphatic hydroxyl groups is 5. The Morgan fingerprint density at radius 1 is 0.769 bits per heavy atom. The van der Waals surface area contributed by atoms with E-state index >= 15 is 0 Å². The maximum atomic E-state index is 9.99. The summed E-state index contributed by atoms with van der Waals surface area (Å²) >= 11 is 0. The van der Waals surface area contributed by atoms with Gasteiger partial charge in [-0.1, -0.05) is 0 Å². The molecule has 3 aliphatic rings. The lowest BCUT2D eigenvalue weighted by atomic mass is 10.1. The first-order valence-electron chi connectivity index (χ1n) is 8.97. The Labute approximate surface area is 151 Å². The zero-order valence-electron chi connectivity index (χ0n) is 14.4. The van der Waals surface area contributed by atoms with Crippen molar-refractivity contribution in [1.29, 1.82) is 0 Å². The molecule has 10 nitrogen and oxygen atoms in total. The van der Waals surface area contributed by atoms with Gasteiger partial charge < -0.3 is 49.2 Å². The number of rotatable bonds is 6. The SMILES string of the molecule is OCC1CC(O[C@@H]2CC(O)CC(CO)O2)C(OC2OCC(O)CC2O)O1. The van der Waals surface area contributed by atoms with E-state index in [1.165, 1.54) is 0 Å². The van der Waals surface area contributed by atoms with E-state index in [2.05, 4.69) is 0 Å². The second-order valence-corrected chi connectivity index (χ2v) is 7.01. The molecule has 3 aliphatic heterocycles. The second kappa shape index (κ2) is 9.20.